The van der Waals surface area contributed by atoms with E-state index in [9.17, 15) is 0 Å². The molecule has 0 unspecified atom stereocenters. The second-order valence-corrected chi connectivity index (χ2v) is 4.85. The van der Waals surface area contributed by atoms with Crippen molar-refractivity contribution >= 4 is 0 Å². The minimum Gasteiger partial charge on any atom is -0.380 e. The number of hydrogen-bond donors (Lipinski definition) is 0. The zero-order chi connectivity index (χ0) is 8.94. The van der Waals surface area contributed by atoms with E-state index in [2.05, 4.69) is 11.0 Å². The van der Waals surface area contributed by atoms with Crippen LogP contribution in [0.2, 0.25) is 0 Å². The second kappa shape index (κ2) is 2.26. The molecule has 3 fully saturated rings. The molecule has 3 rings (SSSR count). The number of nitriles is 1. The van der Waals surface area contributed by atoms with Crippen LogP contribution in [-0.2, 0) is 4.74 Å². The molecule has 3 nitrogen and oxygen atoms in total. The third kappa shape index (κ3) is 0.853. The molecule has 2 heterocycles. The highest BCUT2D eigenvalue weighted by atomic mass is 16.5. The van der Waals surface area contributed by atoms with Crippen molar-refractivity contribution in [3.05, 3.63) is 0 Å². The maximum Gasteiger partial charge on any atom is 0.109 e. The molecular weight excluding hydrogens is 164 g/mol. The van der Waals surface area contributed by atoms with Crippen LogP contribution < -0.4 is 0 Å². The Morgan fingerprint density at radius 1 is 1.23 bits per heavy atom. The molecule has 0 aromatic heterocycles. The fourth-order valence-electron chi connectivity index (χ4n) is 2.65. The first-order valence-electron chi connectivity index (χ1n) is 5.03. The molecule has 0 aromatic rings. The Morgan fingerprint density at radius 3 is 2.23 bits per heavy atom. The maximum atomic E-state index is 9.11. The van der Waals surface area contributed by atoms with Crippen LogP contribution in [0.4, 0.5) is 0 Å². The number of rotatable bonds is 1. The molecule has 2 saturated heterocycles. The van der Waals surface area contributed by atoms with Gasteiger partial charge in [-0.3, -0.25) is 4.90 Å². The predicted octanol–water partition coefficient (Wildman–Crippen LogP) is 0.765. The molecule has 0 amide bonds. The van der Waals surface area contributed by atoms with Crippen LogP contribution in [0.25, 0.3) is 0 Å². The van der Waals surface area contributed by atoms with Gasteiger partial charge in [-0.25, -0.2) is 0 Å². The number of hydrogen-bond acceptors (Lipinski definition) is 3. The normalized spacial score (nSPS) is 34.1. The summed E-state index contributed by atoms with van der Waals surface area (Å²) in [5, 5.41) is 9.11. The molecule has 0 radical (unpaired) electrons. The second-order valence-electron chi connectivity index (χ2n) is 4.85. The van der Waals surface area contributed by atoms with E-state index in [0.29, 0.717) is 5.41 Å². The number of nitrogens with zero attached hydrogens (tertiary/aromatic N) is 2. The van der Waals surface area contributed by atoms with Gasteiger partial charge in [0.05, 0.1) is 19.3 Å². The van der Waals surface area contributed by atoms with Gasteiger partial charge in [0.2, 0.25) is 0 Å². The first kappa shape index (κ1) is 7.78. The van der Waals surface area contributed by atoms with Crippen molar-refractivity contribution in [2.75, 3.05) is 26.3 Å². The van der Waals surface area contributed by atoms with Crippen molar-refractivity contribution in [3.8, 4) is 6.07 Å². The Bertz CT molecular complexity index is 265. The lowest BCUT2D eigenvalue weighted by Crippen LogP contribution is -2.72. The number of ether oxygens (including phenoxy) is 1. The molecule has 1 saturated carbocycles. The van der Waals surface area contributed by atoms with Crippen molar-refractivity contribution in [3.63, 3.8) is 0 Å². The SMILES string of the molecule is N#CC1(N2CC3(COC3)C2)CCC1. The molecule has 0 bridgehead atoms. The quantitative estimate of drug-likeness (QED) is 0.595. The molecule has 2 aliphatic heterocycles. The Balaban J connectivity index is 1.66. The van der Waals surface area contributed by atoms with E-state index in [0.717, 1.165) is 39.1 Å². The topological polar surface area (TPSA) is 36.3 Å². The molecule has 0 N–H and O–H groups in total. The third-order valence-corrected chi connectivity index (χ3v) is 3.86. The van der Waals surface area contributed by atoms with Gasteiger partial charge in [-0.1, -0.05) is 0 Å². The first-order chi connectivity index (χ1) is 6.29. The zero-order valence-corrected chi connectivity index (χ0v) is 7.75. The van der Waals surface area contributed by atoms with Gasteiger partial charge in [0.1, 0.15) is 5.54 Å². The summed E-state index contributed by atoms with van der Waals surface area (Å²) in [6.45, 7) is 4.04. The molecule has 13 heavy (non-hydrogen) atoms. The van der Waals surface area contributed by atoms with Crippen LogP contribution in [0.15, 0.2) is 0 Å². The van der Waals surface area contributed by atoms with Gasteiger partial charge in [0, 0.05) is 18.5 Å². The van der Waals surface area contributed by atoms with E-state index in [1.807, 2.05) is 0 Å². The highest BCUT2D eigenvalue weighted by Gasteiger charge is 2.57. The van der Waals surface area contributed by atoms with Gasteiger partial charge in [-0.05, 0) is 19.3 Å². The molecule has 0 aromatic carbocycles. The highest BCUT2D eigenvalue weighted by Crippen LogP contribution is 2.47. The lowest BCUT2D eigenvalue weighted by atomic mass is 9.68. The lowest BCUT2D eigenvalue weighted by molar-refractivity contribution is -0.214. The Hall–Kier alpha value is -0.590. The Morgan fingerprint density at radius 2 is 1.92 bits per heavy atom. The molecule has 3 heteroatoms. The fraction of sp³-hybridized carbons (Fsp3) is 0.900. The summed E-state index contributed by atoms with van der Waals surface area (Å²) in [5.41, 5.74) is 0.389. The summed E-state index contributed by atoms with van der Waals surface area (Å²) in [5.74, 6) is 0. The summed E-state index contributed by atoms with van der Waals surface area (Å²) in [6.07, 6.45) is 3.40. The summed E-state index contributed by atoms with van der Waals surface area (Å²) >= 11 is 0. The monoisotopic (exact) mass is 178 g/mol. The third-order valence-electron chi connectivity index (χ3n) is 3.86. The van der Waals surface area contributed by atoms with Gasteiger partial charge < -0.3 is 4.74 Å². The van der Waals surface area contributed by atoms with E-state index in [1.54, 1.807) is 0 Å². The van der Waals surface area contributed by atoms with Crippen LogP contribution in [0.5, 0.6) is 0 Å². The van der Waals surface area contributed by atoms with Crippen molar-refractivity contribution in [1.82, 2.24) is 4.90 Å². The van der Waals surface area contributed by atoms with E-state index in [-0.39, 0.29) is 5.54 Å². The maximum absolute atomic E-state index is 9.11. The van der Waals surface area contributed by atoms with Crippen molar-refractivity contribution < 1.29 is 4.74 Å². The minimum absolute atomic E-state index is 0.0686. The lowest BCUT2D eigenvalue weighted by Gasteiger charge is -2.61. The minimum atomic E-state index is -0.0686. The first-order valence-corrected chi connectivity index (χ1v) is 5.03. The van der Waals surface area contributed by atoms with Gasteiger partial charge in [0.15, 0.2) is 0 Å². The fourth-order valence-corrected chi connectivity index (χ4v) is 2.65. The largest absolute Gasteiger partial charge is 0.380 e. The highest BCUT2D eigenvalue weighted by molar-refractivity contribution is 5.19. The summed E-state index contributed by atoms with van der Waals surface area (Å²) in [7, 11) is 0. The smallest absolute Gasteiger partial charge is 0.109 e. The van der Waals surface area contributed by atoms with Crippen LogP contribution in [0, 0.1) is 16.7 Å². The summed E-state index contributed by atoms with van der Waals surface area (Å²) < 4.78 is 5.22. The van der Waals surface area contributed by atoms with E-state index in [1.165, 1.54) is 6.42 Å². The van der Waals surface area contributed by atoms with Crippen molar-refractivity contribution in [2.24, 2.45) is 5.41 Å². The van der Waals surface area contributed by atoms with E-state index >= 15 is 0 Å². The predicted molar refractivity (Wildman–Crippen MR) is 47.0 cm³/mol. The van der Waals surface area contributed by atoms with Crippen molar-refractivity contribution in [2.45, 2.75) is 24.8 Å². The number of likely N-dealkylation sites (tertiary alicyclic amines) is 1. The van der Waals surface area contributed by atoms with E-state index < -0.39 is 0 Å². The van der Waals surface area contributed by atoms with Gasteiger partial charge in [-0.2, -0.15) is 5.26 Å². The molecule has 3 aliphatic rings. The van der Waals surface area contributed by atoms with Gasteiger partial charge in [-0.15, -0.1) is 0 Å². The molecule has 1 aliphatic carbocycles. The molecule has 70 valence electrons. The summed E-state index contributed by atoms with van der Waals surface area (Å²) in [6, 6.07) is 2.49. The average Bonchev–Trinajstić information content (AvgIpc) is 1.87. The van der Waals surface area contributed by atoms with Crippen LogP contribution in [0.3, 0.4) is 0 Å². The average molecular weight is 178 g/mol. The zero-order valence-electron chi connectivity index (χ0n) is 7.75. The Kier molecular flexibility index (Phi) is 1.35. The standard InChI is InChI=1S/C10H14N2O/c11-4-10(2-1-3-10)12-5-9(6-12)7-13-8-9/h1-3,5-8H2. The molecular formula is C10H14N2O. The van der Waals surface area contributed by atoms with Gasteiger partial charge >= 0.3 is 0 Å². The van der Waals surface area contributed by atoms with Crippen LogP contribution >= 0.6 is 0 Å². The van der Waals surface area contributed by atoms with Crippen LogP contribution in [0.1, 0.15) is 19.3 Å². The molecule has 0 atom stereocenters. The van der Waals surface area contributed by atoms with Gasteiger partial charge in [0.25, 0.3) is 0 Å². The molecule has 1 spiro atoms. The van der Waals surface area contributed by atoms with Crippen molar-refractivity contribution in [1.29, 1.82) is 5.26 Å². The Labute approximate surface area is 78.3 Å². The summed E-state index contributed by atoms with van der Waals surface area (Å²) in [4.78, 5) is 2.36. The van der Waals surface area contributed by atoms with E-state index in [4.69, 9.17) is 10.00 Å². The van der Waals surface area contributed by atoms with Crippen LogP contribution in [-0.4, -0.2) is 36.7 Å².